The number of aromatic carboxylic acids is 1. The van der Waals surface area contributed by atoms with Crippen LogP contribution in [-0.2, 0) is 0 Å². The first-order valence-corrected chi connectivity index (χ1v) is 6.20. The van der Waals surface area contributed by atoms with Gasteiger partial charge in [0, 0.05) is 16.8 Å². The number of aryl methyl sites for hydroxylation is 2. The molecule has 0 aliphatic heterocycles. The minimum Gasteiger partial charge on any atom is -0.478 e. The first-order chi connectivity index (χ1) is 8.58. The Morgan fingerprint density at radius 3 is 2.72 bits per heavy atom. The molecule has 0 aliphatic rings. The van der Waals surface area contributed by atoms with Gasteiger partial charge in [-0.2, -0.15) is 0 Å². The van der Waals surface area contributed by atoms with Crippen LogP contribution >= 0.6 is 11.8 Å². The van der Waals surface area contributed by atoms with E-state index in [2.05, 4.69) is 9.97 Å². The van der Waals surface area contributed by atoms with E-state index >= 15 is 0 Å². The fourth-order valence-electron chi connectivity index (χ4n) is 1.52. The second-order valence-corrected chi connectivity index (χ2v) is 4.82. The molecule has 0 amide bonds. The van der Waals surface area contributed by atoms with E-state index < -0.39 is 5.97 Å². The molecule has 0 unspecified atom stereocenters. The Morgan fingerprint density at radius 1 is 1.28 bits per heavy atom. The molecule has 2 rings (SSSR count). The van der Waals surface area contributed by atoms with E-state index in [1.165, 1.54) is 11.8 Å². The number of aromatic nitrogens is 2. The summed E-state index contributed by atoms with van der Waals surface area (Å²) >= 11 is 1.28. The van der Waals surface area contributed by atoms with Crippen LogP contribution in [0.3, 0.4) is 0 Å². The van der Waals surface area contributed by atoms with E-state index in [9.17, 15) is 4.79 Å². The van der Waals surface area contributed by atoms with E-state index in [0.29, 0.717) is 10.1 Å². The molecule has 0 saturated heterocycles. The largest absolute Gasteiger partial charge is 0.478 e. The fourth-order valence-corrected chi connectivity index (χ4v) is 2.50. The predicted molar refractivity (Wildman–Crippen MR) is 69.0 cm³/mol. The van der Waals surface area contributed by atoms with Crippen LogP contribution in [0.5, 0.6) is 0 Å². The summed E-state index contributed by atoms with van der Waals surface area (Å²) in [6.45, 7) is 3.76. The van der Waals surface area contributed by atoms with Crippen molar-refractivity contribution in [3.05, 3.63) is 47.3 Å². The van der Waals surface area contributed by atoms with Crippen LogP contribution in [0, 0.1) is 13.8 Å². The topological polar surface area (TPSA) is 63.1 Å². The maximum atomic E-state index is 11.2. The Hall–Kier alpha value is -1.88. The number of carboxylic acids is 1. The van der Waals surface area contributed by atoms with Crippen LogP contribution in [0.1, 0.15) is 21.6 Å². The van der Waals surface area contributed by atoms with Gasteiger partial charge in [0.2, 0.25) is 0 Å². The number of rotatable bonds is 3. The van der Waals surface area contributed by atoms with Crippen molar-refractivity contribution in [2.75, 3.05) is 0 Å². The molecular formula is C13H12N2O2S. The average molecular weight is 260 g/mol. The van der Waals surface area contributed by atoms with E-state index in [-0.39, 0.29) is 5.56 Å². The molecule has 0 atom stereocenters. The number of benzene rings is 1. The third-order valence-corrected chi connectivity index (χ3v) is 3.53. The van der Waals surface area contributed by atoms with Crippen LogP contribution in [-0.4, -0.2) is 21.0 Å². The van der Waals surface area contributed by atoms with Crippen molar-refractivity contribution in [2.45, 2.75) is 23.9 Å². The lowest BCUT2D eigenvalue weighted by molar-refractivity contribution is 0.0693. The summed E-state index contributed by atoms with van der Waals surface area (Å²) in [5.74, 6) is -0.936. The molecule has 1 aromatic heterocycles. The van der Waals surface area contributed by atoms with Gasteiger partial charge >= 0.3 is 5.97 Å². The summed E-state index contributed by atoms with van der Waals surface area (Å²) in [4.78, 5) is 20.3. The second kappa shape index (κ2) is 5.18. The molecule has 1 aromatic carbocycles. The third-order valence-electron chi connectivity index (χ3n) is 2.41. The van der Waals surface area contributed by atoms with Gasteiger partial charge in [0.25, 0.3) is 0 Å². The molecule has 0 fully saturated rings. The molecule has 4 nitrogen and oxygen atoms in total. The van der Waals surface area contributed by atoms with Crippen molar-refractivity contribution in [3.63, 3.8) is 0 Å². The van der Waals surface area contributed by atoms with Gasteiger partial charge in [0.1, 0.15) is 0 Å². The maximum absolute atomic E-state index is 11.2. The van der Waals surface area contributed by atoms with Crippen LogP contribution in [0.4, 0.5) is 0 Å². The highest BCUT2D eigenvalue weighted by molar-refractivity contribution is 7.99. The standard InChI is InChI=1S/C13H12N2O2S/c1-8-4-3-5-10(12(16)17)11(8)18-13-14-7-6-9(2)15-13/h3-7H,1-2H3,(H,16,17). The van der Waals surface area contributed by atoms with Crippen molar-refractivity contribution in [1.82, 2.24) is 9.97 Å². The third kappa shape index (κ3) is 2.68. The van der Waals surface area contributed by atoms with E-state index in [4.69, 9.17) is 5.11 Å². The molecule has 0 saturated carbocycles. The summed E-state index contributed by atoms with van der Waals surface area (Å²) in [5, 5.41) is 9.73. The zero-order valence-corrected chi connectivity index (χ0v) is 10.9. The summed E-state index contributed by atoms with van der Waals surface area (Å²) in [6, 6.07) is 7.01. The van der Waals surface area contributed by atoms with Crippen LogP contribution in [0.15, 0.2) is 40.5 Å². The molecule has 0 aliphatic carbocycles. The molecule has 0 radical (unpaired) electrons. The van der Waals surface area contributed by atoms with Crippen molar-refractivity contribution in [3.8, 4) is 0 Å². The number of carboxylic acid groups (broad SMARTS) is 1. The first-order valence-electron chi connectivity index (χ1n) is 5.38. The van der Waals surface area contributed by atoms with E-state index in [1.54, 1.807) is 24.4 Å². The predicted octanol–water partition coefficient (Wildman–Crippen LogP) is 2.94. The Labute approximate surface area is 109 Å². The SMILES string of the molecule is Cc1ccnc(Sc2c(C)cccc2C(=O)O)n1. The maximum Gasteiger partial charge on any atom is 0.336 e. The first kappa shape index (κ1) is 12.6. The lowest BCUT2D eigenvalue weighted by Gasteiger charge is -2.08. The van der Waals surface area contributed by atoms with Gasteiger partial charge < -0.3 is 5.11 Å². The van der Waals surface area contributed by atoms with Crippen LogP contribution in [0.2, 0.25) is 0 Å². The smallest absolute Gasteiger partial charge is 0.336 e. The molecule has 0 bridgehead atoms. The van der Waals surface area contributed by atoms with Gasteiger partial charge in [-0.05, 0) is 43.3 Å². The summed E-state index contributed by atoms with van der Waals surface area (Å²) in [5.41, 5.74) is 2.05. The molecular weight excluding hydrogens is 248 g/mol. The summed E-state index contributed by atoms with van der Waals surface area (Å²) in [7, 11) is 0. The number of carbonyl (C=O) groups is 1. The highest BCUT2D eigenvalue weighted by atomic mass is 32.2. The lowest BCUT2D eigenvalue weighted by atomic mass is 10.1. The quantitative estimate of drug-likeness (QED) is 0.860. The molecule has 92 valence electrons. The number of hydrogen-bond acceptors (Lipinski definition) is 4. The van der Waals surface area contributed by atoms with E-state index in [0.717, 1.165) is 11.3 Å². The van der Waals surface area contributed by atoms with Crippen molar-refractivity contribution in [2.24, 2.45) is 0 Å². The van der Waals surface area contributed by atoms with Gasteiger partial charge in [0.05, 0.1) is 5.56 Å². The zero-order chi connectivity index (χ0) is 13.1. The summed E-state index contributed by atoms with van der Waals surface area (Å²) in [6.07, 6.45) is 1.67. The molecule has 1 N–H and O–H groups in total. The highest BCUT2D eigenvalue weighted by Crippen LogP contribution is 2.31. The molecule has 2 aromatic rings. The van der Waals surface area contributed by atoms with Gasteiger partial charge in [-0.3, -0.25) is 0 Å². The zero-order valence-electron chi connectivity index (χ0n) is 10.0. The minimum absolute atomic E-state index is 0.283. The Bertz CT molecular complexity index is 599. The van der Waals surface area contributed by atoms with Crippen molar-refractivity contribution < 1.29 is 9.90 Å². The van der Waals surface area contributed by atoms with Gasteiger partial charge in [-0.25, -0.2) is 14.8 Å². The number of hydrogen-bond donors (Lipinski definition) is 1. The van der Waals surface area contributed by atoms with Gasteiger partial charge in [-0.15, -0.1) is 0 Å². The van der Waals surface area contributed by atoms with Crippen LogP contribution in [0.25, 0.3) is 0 Å². The Balaban J connectivity index is 2.42. The number of nitrogens with zero attached hydrogens (tertiary/aromatic N) is 2. The van der Waals surface area contributed by atoms with Crippen molar-refractivity contribution in [1.29, 1.82) is 0 Å². The normalized spacial score (nSPS) is 10.3. The lowest BCUT2D eigenvalue weighted by Crippen LogP contribution is -2.01. The second-order valence-electron chi connectivity index (χ2n) is 3.84. The van der Waals surface area contributed by atoms with Gasteiger partial charge in [0.15, 0.2) is 5.16 Å². The summed E-state index contributed by atoms with van der Waals surface area (Å²) < 4.78 is 0. The minimum atomic E-state index is -0.936. The molecule has 0 spiro atoms. The van der Waals surface area contributed by atoms with E-state index in [1.807, 2.05) is 19.9 Å². The Kier molecular flexibility index (Phi) is 3.62. The molecule has 5 heteroatoms. The molecule has 18 heavy (non-hydrogen) atoms. The highest BCUT2D eigenvalue weighted by Gasteiger charge is 2.14. The molecule has 1 heterocycles. The average Bonchev–Trinajstić information content (AvgIpc) is 2.31. The van der Waals surface area contributed by atoms with Gasteiger partial charge in [-0.1, -0.05) is 12.1 Å². The fraction of sp³-hybridized carbons (Fsp3) is 0.154. The van der Waals surface area contributed by atoms with Crippen molar-refractivity contribution >= 4 is 17.7 Å². The Morgan fingerprint density at radius 2 is 2.06 bits per heavy atom. The van der Waals surface area contributed by atoms with Crippen LogP contribution < -0.4 is 0 Å². The monoisotopic (exact) mass is 260 g/mol.